The zero-order chi connectivity index (χ0) is 22.3. The number of aromatic nitrogens is 1. The Morgan fingerprint density at radius 1 is 1.03 bits per heavy atom. The zero-order valence-corrected chi connectivity index (χ0v) is 19.0. The first kappa shape index (κ1) is 21.7. The molecule has 8 heteroatoms. The fraction of sp³-hybridized carbons (Fsp3) is 0.130. The summed E-state index contributed by atoms with van der Waals surface area (Å²) in [6.07, 6.45) is 1.68. The standard InChI is InChI=1S/C23H17Cl2FN2O2S/c1-13-9-16(14(2)28(13)20-6-4-3-5-19(20)26)11-21-22(29)27(23(30)31-21)12-15-7-8-17(24)18(25)10-15/h3-11H,12H2,1-2H3/b21-11-. The van der Waals surface area contributed by atoms with Gasteiger partial charge in [0.05, 0.1) is 27.2 Å². The molecular formula is C23H17Cl2FN2O2S. The number of nitrogens with zero attached hydrogens (tertiary/aromatic N) is 2. The van der Waals surface area contributed by atoms with E-state index in [9.17, 15) is 14.0 Å². The molecule has 1 aliphatic rings. The fourth-order valence-corrected chi connectivity index (χ4v) is 4.69. The number of carbonyl (C=O) groups excluding carboxylic acids is 2. The van der Waals surface area contributed by atoms with Gasteiger partial charge in [0, 0.05) is 11.4 Å². The number of imide groups is 1. The van der Waals surface area contributed by atoms with Gasteiger partial charge in [-0.15, -0.1) is 0 Å². The van der Waals surface area contributed by atoms with Crippen LogP contribution in [0.2, 0.25) is 10.0 Å². The predicted molar refractivity (Wildman–Crippen MR) is 123 cm³/mol. The SMILES string of the molecule is Cc1cc(/C=C2\SC(=O)N(Cc3ccc(Cl)c(Cl)c3)C2=O)c(C)n1-c1ccccc1F. The normalized spacial score (nSPS) is 15.4. The van der Waals surface area contributed by atoms with Crippen LogP contribution in [0.15, 0.2) is 53.4 Å². The quantitative estimate of drug-likeness (QED) is 0.391. The maximum Gasteiger partial charge on any atom is 0.293 e. The molecule has 0 aliphatic carbocycles. The minimum atomic E-state index is -0.378. The molecule has 2 amide bonds. The molecule has 4 nitrogen and oxygen atoms in total. The van der Waals surface area contributed by atoms with Crippen LogP contribution in [-0.4, -0.2) is 20.6 Å². The molecule has 1 saturated heterocycles. The molecule has 1 aliphatic heterocycles. The van der Waals surface area contributed by atoms with E-state index < -0.39 is 0 Å². The van der Waals surface area contributed by atoms with Gasteiger partial charge in [-0.2, -0.15) is 0 Å². The number of para-hydroxylation sites is 1. The summed E-state index contributed by atoms with van der Waals surface area (Å²) in [6, 6.07) is 13.4. The molecule has 4 rings (SSSR count). The van der Waals surface area contributed by atoms with Gasteiger partial charge in [0.25, 0.3) is 11.1 Å². The van der Waals surface area contributed by atoms with Gasteiger partial charge in [-0.3, -0.25) is 14.5 Å². The summed E-state index contributed by atoms with van der Waals surface area (Å²) in [6.45, 7) is 3.82. The summed E-state index contributed by atoms with van der Waals surface area (Å²) in [4.78, 5) is 26.9. The van der Waals surface area contributed by atoms with Gasteiger partial charge < -0.3 is 4.57 Å². The molecule has 3 aromatic rings. The molecule has 0 atom stereocenters. The Labute approximate surface area is 193 Å². The monoisotopic (exact) mass is 474 g/mol. The fourth-order valence-electron chi connectivity index (χ4n) is 3.54. The van der Waals surface area contributed by atoms with E-state index in [1.807, 2.05) is 19.9 Å². The van der Waals surface area contributed by atoms with E-state index in [2.05, 4.69) is 0 Å². The van der Waals surface area contributed by atoms with E-state index in [1.54, 1.807) is 47.0 Å². The van der Waals surface area contributed by atoms with Gasteiger partial charge in [0.1, 0.15) is 5.82 Å². The molecule has 0 spiro atoms. The zero-order valence-electron chi connectivity index (χ0n) is 16.7. The second-order valence-electron chi connectivity index (χ2n) is 7.13. The highest BCUT2D eigenvalue weighted by Gasteiger charge is 2.35. The number of hydrogen-bond acceptors (Lipinski definition) is 3. The molecule has 2 aromatic carbocycles. The van der Waals surface area contributed by atoms with Crippen molar-refractivity contribution in [2.24, 2.45) is 0 Å². The number of aryl methyl sites for hydroxylation is 1. The summed E-state index contributed by atoms with van der Waals surface area (Å²) >= 11 is 12.9. The Morgan fingerprint density at radius 3 is 2.48 bits per heavy atom. The number of rotatable bonds is 4. The Morgan fingerprint density at radius 2 is 1.77 bits per heavy atom. The van der Waals surface area contributed by atoms with E-state index >= 15 is 0 Å². The third-order valence-corrected chi connectivity index (χ3v) is 6.69. The minimum absolute atomic E-state index is 0.104. The molecule has 1 fully saturated rings. The van der Waals surface area contributed by atoms with Gasteiger partial charge in [0.2, 0.25) is 0 Å². The number of hydrogen-bond donors (Lipinski definition) is 0. The van der Waals surface area contributed by atoms with Crippen LogP contribution in [0.3, 0.4) is 0 Å². The highest BCUT2D eigenvalue weighted by Crippen LogP contribution is 2.35. The van der Waals surface area contributed by atoms with Crippen molar-refractivity contribution >= 4 is 52.2 Å². The maximum absolute atomic E-state index is 14.3. The van der Waals surface area contributed by atoms with Crippen molar-refractivity contribution in [2.75, 3.05) is 0 Å². The summed E-state index contributed by atoms with van der Waals surface area (Å²) in [5, 5.41) is 0.414. The Hall–Kier alpha value is -2.54. The number of amides is 2. The molecule has 0 unspecified atom stereocenters. The number of benzene rings is 2. The van der Waals surface area contributed by atoms with Crippen molar-refractivity contribution in [1.29, 1.82) is 0 Å². The molecule has 0 bridgehead atoms. The number of carbonyl (C=O) groups is 2. The van der Waals surface area contributed by atoms with Crippen molar-refractivity contribution in [3.63, 3.8) is 0 Å². The minimum Gasteiger partial charge on any atom is -0.315 e. The highest BCUT2D eigenvalue weighted by atomic mass is 35.5. The Bertz CT molecular complexity index is 1250. The number of halogens is 3. The first-order chi connectivity index (χ1) is 14.8. The van der Waals surface area contributed by atoms with Gasteiger partial charge in [-0.05, 0) is 73.1 Å². The average Bonchev–Trinajstić information content (AvgIpc) is 3.15. The van der Waals surface area contributed by atoms with Crippen LogP contribution in [0.5, 0.6) is 0 Å². The third-order valence-electron chi connectivity index (χ3n) is 5.05. The second-order valence-corrected chi connectivity index (χ2v) is 8.94. The average molecular weight is 475 g/mol. The van der Waals surface area contributed by atoms with E-state index in [-0.39, 0.29) is 23.5 Å². The molecule has 1 aromatic heterocycles. The van der Waals surface area contributed by atoms with Crippen LogP contribution in [0, 0.1) is 19.7 Å². The van der Waals surface area contributed by atoms with Crippen LogP contribution in [0.1, 0.15) is 22.5 Å². The molecule has 0 N–H and O–H groups in total. The van der Waals surface area contributed by atoms with E-state index in [1.165, 1.54) is 11.0 Å². The number of thioether (sulfide) groups is 1. The van der Waals surface area contributed by atoms with Crippen molar-refractivity contribution in [3.05, 3.63) is 91.8 Å². The second kappa shape index (κ2) is 8.54. The van der Waals surface area contributed by atoms with Crippen LogP contribution in [-0.2, 0) is 11.3 Å². The van der Waals surface area contributed by atoms with Gasteiger partial charge >= 0.3 is 0 Å². The smallest absolute Gasteiger partial charge is 0.293 e. The lowest BCUT2D eigenvalue weighted by Gasteiger charge is -2.13. The van der Waals surface area contributed by atoms with Crippen LogP contribution in [0.25, 0.3) is 11.8 Å². The Kier molecular flexibility index (Phi) is 5.97. The third kappa shape index (κ3) is 4.15. The molecule has 0 radical (unpaired) electrons. The lowest BCUT2D eigenvalue weighted by Crippen LogP contribution is -2.27. The lowest BCUT2D eigenvalue weighted by atomic mass is 10.2. The van der Waals surface area contributed by atoms with Gasteiger partial charge in [-0.25, -0.2) is 4.39 Å². The van der Waals surface area contributed by atoms with Crippen LogP contribution in [0.4, 0.5) is 9.18 Å². The molecule has 0 saturated carbocycles. The predicted octanol–water partition coefficient (Wildman–Crippen LogP) is 6.78. The molecular weight excluding hydrogens is 458 g/mol. The highest BCUT2D eigenvalue weighted by molar-refractivity contribution is 8.18. The van der Waals surface area contributed by atoms with Crippen molar-refractivity contribution in [3.8, 4) is 5.69 Å². The Balaban J connectivity index is 1.63. The van der Waals surface area contributed by atoms with E-state index in [0.717, 1.165) is 28.7 Å². The topological polar surface area (TPSA) is 42.3 Å². The summed E-state index contributed by atoms with van der Waals surface area (Å²) in [7, 11) is 0. The molecule has 2 heterocycles. The first-order valence-electron chi connectivity index (χ1n) is 9.39. The lowest BCUT2D eigenvalue weighted by molar-refractivity contribution is -0.123. The van der Waals surface area contributed by atoms with Crippen molar-refractivity contribution in [1.82, 2.24) is 9.47 Å². The molecule has 158 valence electrons. The van der Waals surface area contributed by atoms with Crippen molar-refractivity contribution in [2.45, 2.75) is 20.4 Å². The van der Waals surface area contributed by atoms with Crippen LogP contribution >= 0.6 is 35.0 Å². The summed E-state index contributed by atoms with van der Waals surface area (Å²) in [5.74, 6) is -0.713. The van der Waals surface area contributed by atoms with Crippen LogP contribution < -0.4 is 0 Å². The molecule has 31 heavy (non-hydrogen) atoms. The van der Waals surface area contributed by atoms with Gasteiger partial charge in [-0.1, -0.05) is 41.4 Å². The largest absolute Gasteiger partial charge is 0.315 e. The summed E-state index contributed by atoms with van der Waals surface area (Å²) < 4.78 is 16.1. The maximum atomic E-state index is 14.3. The first-order valence-corrected chi connectivity index (χ1v) is 11.0. The van der Waals surface area contributed by atoms with E-state index in [4.69, 9.17) is 23.2 Å². The summed E-state index contributed by atoms with van der Waals surface area (Å²) in [5.41, 5.74) is 3.49. The van der Waals surface area contributed by atoms with E-state index in [0.29, 0.717) is 26.2 Å². The van der Waals surface area contributed by atoms with Crippen molar-refractivity contribution < 1.29 is 14.0 Å². The van der Waals surface area contributed by atoms with Gasteiger partial charge in [0.15, 0.2) is 0 Å².